The third-order valence-electron chi connectivity index (χ3n) is 4.14. The van der Waals surface area contributed by atoms with Gasteiger partial charge < -0.3 is 13.9 Å². The first kappa shape index (κ1) is 20.5. The molecule has 0 atom stereocenters. The van der Waals surface area contributed by atoms with Crippen LogP contribution in [-0.4, -0.2) is 23.5 Å². The number of hydrogen-bond donors (Lipinski definition) is 0. The normalized spacial score (nSPS) is 11.6. The molecule has 6 nitrogen and oxygen atoms in total. The predicted octanol–water partition coefficient (Wildman–Crippen LogP) is 4.50. The molecule has 1 heterocycles. The van der Waals surface area contributed by atoms with E-state index in [1.54, 1.807) is 18.2 Å². The maximum Gasteiger partial charge on any atom is 0.573 e. The minimum absolute atomic E-state index is 0.275. The average molecular weight is 409 g/mol. The van der Waals surface area contributed by atoms with E-state index < -0.39 is 18.1 Å². The van der Waals surface area contributed by atoms with E-state index in [0.717, 1.165) is 17.4 Å². The van der Waals surface area contributed by atoms with Gasteiger partial charge in [-0.1, -0.05) is 31.5 Å². The van der Waals surface area contributed by atoms with Crippen molar-refractivity contribution in [3.63, 3.8) is 0 Å². The molecule has 0 N–H and O–H groups in total. The first-order chi connectivity index (χ1) is 13.8. The van der Waals surface area contributed by atoms with Crippen LogP contribution in [0, 0.1) is 0 Å². The van der Waals surface area contributed by atoms with Gasteiger partial charge in [0, 0.05) is 0 Å². The fourth-order valence-electron chi connectivity index (χ4n) is 2.75. The van der Waals surface area contributed by atoms with Gasteiger partial charge in [-0.05, 0) is 41.8 Å². The summed E-state index contributed by atoms with van der Waals surface area (Å²) in [6.45, 7) is 1.94. The van der Waals surface area contributed by atoms with Crippen molar-refractivity contribution < 1.29 is 31.9 Å². The van der Waals surface area contributed by atoms with E-state index in [0.29, 0.717) is 16.6 Å². The van der Waals surface area contributed by atoms with E-state index in [1.165, 1.54) is 24.3 Å². The SMILES string of the molecule is CCCCOC(=O)Cn1c(=O)oc2ccc(-c3ccc(OC(F)(F)F)cc3)cc21. The number of hydrogen-bond acceptors (Lipinski definition) is 5. The molecule has 0 aliphatic rings. The van der Waals surface area contributed by atoms with Crippen LogP contribution in [0.4, 0.5) is 13.2 Å². The summed E-state index contributed by atoms with van der Waals surface area (Å²) in [5, 5.41) is 0. The number of aromatic nitrogens is 1. The van der Waals surface area contributed by atoms with Crippen LogP contribution in [0.25, 0.3) is 22.2 Å². The van der Waals surface area contributed by atoms with Gasteiger partial charge in [0.1, 0.15) is 12.3 Å². The highest BCUT2D eigenvalue weighted by atomic mass is 19.4. The molecule has 0 fully saturated rings. The highest BCUT2D eigenvalue weighted by molar-refractivity contribution is 5.82. The highest BCUT2D eigenvalue weighted by Crippen LogP contribution is 2.28. The number of carbonyl (C=O) groups excluding carboxylic acids is 1. The standard InChI is InChI=1S/C20H18F3NO5/c1-2-3-10-27-18(25)12-24-16-11-14(6-9-17(16)28-19(24)26)13-4-7-15(8-5-13)29-20(21,22)23/h4-9,11H,2-3,10,12H2,1H3. The minimum atomic E-state index is -4.76. The van der Waals surface area contributed by atoms with Gasteiger partial charge in [0.2, 0.25) is 0 Å². The Balaban J connectivity index is 1.85. The van der Waals surface area contributed by atoms with Crippen molar-refractivity contribution in [1.29, 1.82) is 0 Å². The number of nitrogens with zero attached hydrogens (tertiary/aromatic N) is 1. The van der Waals surface area contributed by atoms with Crippen LogP contribution < -0.4 is 10.5 Å². The fourth-order valence-corrected chi connectivity index (χ4v) is 2.75. The van der Waals surface area contributed by atoms with Crippen LogP contribution >= 0.6 is 0 Å². The van der Waals surface area contributed by atoms with E-state index in [2.05, 4.69) is 4.74 Å². The molecule has 0 unspecified atom stereocenters. The molecule has 0 saturated heterocycles. The van der Waals surface area contributed by atoms with Crippen molar-refractivity contribution in [2.45, 2.75) is 32.7 Å². The van der Waals surface area contributed by atoms with Gasteiger partial charge in [-0.25, -0.2) is 4.79 Å². The molecular weight excluding hydrogens is 391 g/mol. The number of alkyl halides is 3. The number of ether oxygens (including phenoxy) is 2. The molecule has 3 aromatic rings. The third-order valence-corrected chi connectivity index (χ3v) is 4.14. The van der Waals surface area contributed by atoms with Gasteiger partial charge in [-0.3, -0.25) is 9.36 Å². The van der Waals surface area contributed by atoms with Crippen LogP contribution in [0.15, 0.2) is 51.7 Å². The predicted molar refractivity (Wildman–Crippen MR) is 98.5 cm³/mol. The summed E-state index contributed by atoms with van der Waals surface area (Å²) < 4.78 is 52.1. The first-order valence-corrected chi connectivity index (χ1v) is 8.92. The Morgan fingerprint density at radius 3 is 2.45 bits per heavy atom. The molecule has 0 spiro atoms. The van der Waals surface area contributed by atoms with Gasteiger partial charge in [-0.15, -0.1) is 13.2 Å². The monoisotopic (exact) mass is 409 g/mol. The Kier molecular flexibility index (Phi) is 5.95. The minimum Gasteiger partial charge on any atom is -0.464 e. The van der Waals surface area contributed by atoms with Gasteiger partial charge in [0.15, 0.2) is 5.58 Å². The van der Waals surface area contributed by atoms with Crippen molar-refractivity contribution in [2.24, 2.45) is 0 Å². The molecule has 29 heavy (non-hydrogen) atoms. The van der Waals surface area contributed by atoms with Gasteiger partial charge in [0.25, 0.3) is 0 Å². The Bertz CT molecular complexity index is 1050. The Hall–Kier alpha value is -3.23. The van der Waals surface area contributed by atoms with Crippen LogP contribution in [0.5, 0.6) is 5.75 Å². The largest absolute Gasteiger partial charge is 0.573 e. The summed E-state index contributed by atoms with van der Waals surface area (Å²) in [5.74, 6) is -1.59. The van der Waals surface area contributed by atoms with Crippen LogP contribution in [-0.2, 0) is 16.1 Å². The van der Waals surface area contributed by atoms with Crippen molar-refractivity contribution in [1.82, 2.24) is 4.57 Å². The van der Waals surface area contributed by atoms with Crippen LogP contribution in [0.2, 0.25) is 0 Å². The summed E-state index contributed by atoms with van der Waals surface area (Å²) in [4.78, 5) is 24.1. The topological polar surface area (TPSA) is 70.7 Å². The molecule has 9 heteroatoms. The molecule has 0 saturated carbocycles. The lowest BCUT2D eigenvalue weighted by atomic mass is 10.1. The lowest BCUT2D eigenvalue weighted by molar-refractivity contribution is -0.274. The Morgan fingerprint density at radius 2 is 1.79 bits per heavy atom. The summed E-state index contributed by atoms with van der Waals surface area (Å²) in [6.07, 6.45) is -3.16. The lowest BCUT2D eigenvalue weighted by Gasteiger charge is -2.09. The molecule has 2 aromatic carbocycles. The van der Waals surface area contributed by atoms with E-state index in [1.807, 2.05) is 6.92 Å². The fraction of sp³-hybridized carbons (Fsp3) is 0.300. The Labute approximate surface area is 163 Å². The molecule has 1 aromatic heterocycles. The number of fused-ring (bicyclic) bond motifs is 1. The quantitative estimate of drug-likeness (QED) is 0.424. The van der Waals surface area contributed by atoms with Crippen LogP contribution in [0.1, 0.15) is 19.8 Å². The summed E-state index contributed by atoms with van der Waals surface area (Å²) >= 11 is 0. The summed E-state index contributed by atoms with van der Waals surface area (Å²) in [5.41, 5.74) is 1.91. The van der Waals surface area contributed by atoms with E-state index >= 15 is 0 Å². The number of oxazole rings is 1. The molecule has 0 radical (unpaired) electrons. The van der Waals surface area contributed by atoms with Gasteiger partial charge >= 0.3 is 18.1 Å². The van der Waals surface area contributed by atoms with Crippen LogP contribution in [0.3, 0.4) is 0 Å². The number of benzene rings is 2. The van der Waals surface area contributed by atoms with Crippen molar-refractivity contribution >= 4 is 17.1 Å². The molecular formula is C20H18F3NO5. The highest BCUT2D eigenvalue weighted by Gasteiger charge is 2.31. The van der Waals surface area contributed by atoms with E-state index in [9.17, 15) is 22.8 Å². The van der Waals surface area contributed by atoms with Gasteiger partial charge in [-0.2, -0.15) is 0 Å². The smallest absolute Gasteiger partial charge is 0.464 e. The number of rotatable bonds is 7. The molecule has 0 amide bonds. The number of esters is 1. The van der Waals surface area contributed by atoms with E-state index in [-0.39, 0.29) is 24.5 Å². The maximum atomic E-state index is 12.3. The molecule has 3 rings (SSSR count). The average Bonchev–Trinajstić information content (AvgIpc) is 2.96. The van der Waals surface area contributed by atoms with Crippen molar-refractivity contribution in [2.75, 3.05) is 6.61 Å². The molecule has 154 valence electrons. The summed E-state index contributed by atoms with van der Waals surface area (Å²) in [7, 11) is 0. The molecule has 0 aliphatic heterocycles. The zero-order valence-corrected chi connectivity index (χ0v) is 15.5. The second-order valence-electron chi connectivity index (χ2n) is 6.28. The number of unbranched alkanes of at least 4 members (excludes halogenated alkanes) is 1. The molecule has 0 aliphatic carbocycles. The summed E-state index contributed by atoms with van der Waals surface area (Å²) in [6, 6.07) is 10.2. The zero-order valence-electron chi connectivity index (χ0n) is 15.5. The zero-order chi connectivity index (χ0) is 21.0. The van der Waals surface area contributed by atoms with E-state index in [4.69, 9.17) is 9.15 Å². The second kappa shape index (κ2) is 8.42. The number of carbonyl (C=O) groups is 1. The molecule has 0 bridgehead atoms. The number of halogens is 3. The lowest BCUT2D eigenvalue weighted by Crippen LogP contribution is -2.22. The maximum absolute atomic E-state index is 12.3. The third kappa shape index (κ3) is 5.18. The second-order valence-corrected chi connectivity index (χ2v) is 6.28. The van der Waals surface area contributed by atoms with Crippen molar-refractivity contribution in [3.8, 4) is 16.9 Å². The Morgan fingerprint density at radius 1 is 1.10 bits per heavy atom. The first-order valence-electron chi connectivity index (χ1n) is 8.92. The van der Waals surface area contributed by atoms with Gasteiger partial charge in [0.05, 0.1) is 12.1 Å². The van der Waals surface area contributed by atoms with Crippen molar-refractivity contribution in [3.05, 3.63) is 53.0 Å².